The molecule has 6 nitrogen and oxygen atoms in total. The molecule has 17 heavy (non-hydrogen) atoms. The number of anilines is 1. The van der Waals surface area contributed by atoms with E-state index in [2.05, 4.69) is 27.0 Å². The maximum Gasteiger partial charge on any atom is 0.244 e. The first-order valence-corrected chi connectivity index (χ1v) is 6.23. The highest BCUT2D eigenvalue weighted by atomic mass is 16.2. The fourth-order valence-electron chi connectivity index (χ4n) is 2.07. The van der Waals surface area contributed by atoms with Gasteiger partial charge in [-0.15, -0.1) is 5.10 Å². The van der Waals surface area contributed by atoms with Crippen LogP contribution in [0.3, 0.4) is 0 Å². The number of nitrogens with one attached hydrogen (secondary N) is 1. The van der Waals surface area contributed by atoms with Crippen molar-refractivity contribution < 1.29 is 5.11 Å². The van der Waals surface area contributed by atoms with Gasteiger partial charge in [-0.3, -0.25) is 5.10 Å². The number of aromatic amines is 1. The molecule has 0 bridgehead atoms. The molecule has 4 N–H and O–H groups in total. The van der Waals surface area contributed by atoms with Crippen LogP contribution in [0.1, 0.15) is 25.6 Å². The minimum Gasteiger partial charge on any atom is -0.396 e. The molecule has 1 aliphatic heterocycles. The first-order valence-electron chi connectivity index (χ1n) is 6.23. The van der Waals surface area contributed by atoms with E-state index in [9.17, 15) is 0 Å². The molecule has 1 saturated heterocycles. The molecule has 1 aromatic rings. The Morgan fingerprint density at radius 1 is 1.59 bits per heavy atom. The Labute approximate surface area is 101 Å². The smallest absolute Gasteiger partial charge is 0.244 e. The van der Waals surface area contributed by atoms with Crippen molar-refractivity contribution in [1.82, 2.24) is 15.2 Å². The van der Waals surface area contributed by atoms with Crippen LogP contribution in [0.2, 0.25) is 0 Å². The third-order valence-electron chi connectivity index (χ3n) is 3.39. The van der Waals surface area contributed by atoms with E-state index < -0.39 is 0 Å². The minimum absolute atomic E-state index is 0.183. The van der Waals surface area contributed by atoms with E-state index in [1.54, 1.807) is 0 Å². The Balaban J connectivity index is 1.95. The predicted molar refractivity (Wildman–Crippen MR) is 65.8 cm³/mol. The van der Waals surface area contributed by atoms with Crippen LogP contribution in [0.5, 0.6) is 0 Å². The van der Waals surface area contributed by atoms with Crippen molar-refractivity contribution in [2.75, 3.05) is 24.6 Å². The molecular weight excluding hydrogens is 218 g/mol. The molecule has 0 amide bonds. The third kappa shape index (κ3) is 2.95. The SMILES string of the molecule is CC1CCN(c2n[nH]c(CCCO)n2)CC1N. The van der Waals surface area contributed by atoms with E-state index in [-0.39, 0.29) is 12.6 Å². The number of aliphatic hydroxyl groups is 1. The fourth-order valence-corrected chi connectivity index (χ4v) is 2.07. The lowest BCUT2D eigenvalue weighted by molar-refractivity contribution is 0.287. The van der Waals surface area contributed by atoms with E-state index in [0.717, 1.165) is 37.7 Å². The van der Waals surface area contributed by atoms with Gasteiger partial charge in [-0.1, -0.05) is 6.92 Å². The Morgan fingerprint density at radius 2 is 2.41 bits per heavy atom. The lowest BCUT2D eigenvalue weighted by atomic mass is 9.95. The molecule has 1 aromatic heterocycles. The average Bonchev–Trinajstić information content (AvgIpc) is 2.79. The predicted octanol–water partition coefficient (Wildman–Crippen LogP) is -0.0969. The van der Waals surface area contributed by atoms with Gasteiger partial charge in [0.15, 0.2) is 0 Å². The average molecular weight is 239 g/mol. The van der Waals surface area contributed by atoms with Crippen LogP contribution in [-0.4, -0.2) is 46.0 Å². The zero-order chi connectivity index (χ0) is 12.3. The third-order valence-corrected chi connectivity index (χ3v) is 3.39. The topological polar surface area (TPSA) is 91.1 Å². The summed E-state index contributed by atoms with van der Waals surface area (Å²) in [5.41, 5.74) is 6.05. The summed E-state index contributed by atoms with van der Waals surface area (Å²) < 4.78 is 0. The van der Waals surface area contributed by atoms with E-state index in [1.807, 2.05) is 0 Å². The van der Waals surface area contributed by atoms with Crippen molar-refractivity contribution in [2.24, 2.45) is 11.7 Å². The van der Waals surface area contributed by atoms with Crippen molar-refractivity contribution in [3.63, 3.8) is 0 Å². The van der Waals surface area contributed by atoms with Crippen LogP contribution < -0.4 is 10.6 Å². The molecule has 96 valence electrons. The molecule has 2 rings (SSSR count). The first-order chi connectivity index (χ1) is 8.20. The quantitative estimate of drug-likeness (QED) is 0.682. The minimum atomic E-state index is 0.183. The van der Waals surface area contributed by atoms with Crippen molar-refractivity contribution in [1.29, 1.82) is 0 Å². The van der Waals surface area contributed by atoms with Crippen molar-refractivity contribution >= 4 is 5.95 Å². The van der Waals surface area contributed by atoms with Crippen LogP contribution in [-0.2, 0) is 6.42 Å². The summed E-state index contributed by atoms with van der Waals surface area (Å²) in [5.74, 6) is 2.14. The van der Waals surface area contributed by atoms with E-state index in [4.69, 9.17) is 10.8 Å². The first kappa shape index (κ1) is 12.3. The van der Waals surface area contributed by atoms with Gasteiger partial charge in [0.05, 0.1) is 0 Å². The summed E-state index contributed by atoms with van der Waals surface area (Å²) in [7, 11) is 0. The monoisotopic (exact) mass is 239 g/mol. The number of aliphatic hydroxyl groups excluding tert-OH is 1. The molecule has 2 heterocycles. The van der Waals surface area contributed by atoms with Gasteiger partial charge < -0.3 is 15.7 Å². The lowest BCUT2D eigenvalue weighted by Crippen LogP contribution is -2.48. The molecule has 1 aliphatic rings. The highest BCUT2D eigenvalue weighted by Crippen LogP contribution is 2.19. The van der Waals surface area contributed by atoms with Gasteiger partial charge in [-0.2, -0.15) is 4.98 Å². The maximum absolute atomic E-state index is 8.76. The van der Waals surface area contributed by atoms with Gasteiger partial charge in [-0.05, 0) is 18.8 Å². The van der Waals surface area contributed by atoms with Crippen molar-refractivity contribution in [3.05, 3.63) is 5.82 Å². The van der Waals surface area contributed by atoms with Crippen molar-refractivity contribution in [2.45, 2.75) is 32.2 Å². The summed E-state index contributed by atoms with van der Waals surface area (Å²) >= 11 is 0. The van der Waals surface area contributed by atoms with Crippen molar-refractivity contribution in [3.8, 4) is 0 Å². The second kappa shape index (κ2) is 5.46. The molecule has 0 saturated carbocycles. The molecule has 0 aromatic carbocycles. The second-order valence-corrected chi connectivity index (χ2v) is 4.79. The number of hydrogen-bond donors (Lipinski definition) is 3. The van der Waals surface area contributed by atoms with Crippen LogP contribution in [0.15, 0.2) is 0 Å². The van der Waals surface area contributed by atoms with Gasteiger partial charge in [0.2, 0.25) is 5.95 Å². The van der Waals surface area contributed by atoms with Crippen LogP contribution in [0.4, 0.5) is 5.95 Å². The number of rotatable bonds is 4. The largest absolute Gasteiger partial charge is 0.396 e. The Hall–Kier alpha value is -1.14. The molecule has 0 spiro atoms. The number of aromatic nitrogens is 3. The molecule has 2 unspecified atom stereocenters. The number of aryl methyl sites for hydroxylation is 1. The summed E-state index contributed by atoms with van der Waals surface area (Å²) in [6.07, 6.45) is 2.53. The normalized spacial score (nSPS) is 25.2. The number of nitrogens with two attached hydrogens (primary N) is 1. The molecule has 2 atom stereocenters. The molecule has 0 aliphatic carbocycles. The fraction of sp³-hybridized carbons (Fsp3) is 0.818. The zero-order valence-electron chi connectivity index (χ0n) is 10.3. The van der Waals surface area contributed by atoms with E-state index in [1.165, 1.54) is 0 Å². The summed E-state index contributed by atoms with van der Waals surface area (Å²) in [5, 5.41) is 15.9. The van der Waals surface area contributed by atoms with Gasteiger partial charge in [-0.25, -0.2) is 0 Å². The molecule has 0 radical (unpaired) electrons. The van der Waals surface area contributed by atoms with Crippen LogP contribution in [0, 0.1) is 5.92 Å². The second-order valence-electron chi connectivity index (χ2n) is 4.79. The lowest BCUT2D eigenvalue weighted by Gasteiger charge is -2.34. The Morgan fingerprint density at radius 3 is 3.12 bits per heavy atom. The van der Waals surface area contributed by atoms with E-state index >= 15 is 0 Å². The van der Waals surface area contributed by atoms with Gasteiger partial charge in [0, 0.05) is 32.2 Å². The number of nitrogens with zero attached hydrogens (tertiary/aromatic N) is 3. The number of piperidine rings is 1. The number of hydrogen-bond acceptors (Lipinski definition) is 5. The van der Waals surface area contributed by atoms with E-state index in [0.29, 0.717) is 12.3 Å². The highest BCUT2D eigenvalue weighted by molar-refractivity contribution is 5.30. The Kier molecular flexibility index (Phi) is 3.96. The summed E-state index contributed by atoms with van der Waals surface area (Å²) in [4.78, 5) is 6.55. The van der Waals surface area contributed by atoms with Crippen LogP contribution >= 0.6 is 0 Å². The van der Waals surface area contributed by atoms with Gasteiger partial charge in [0.1, 0.15) is 5.82 Å². The van der Waals surface area contributed by atoms with Gasteiger partial charge in [0.25, 0.3) is 0 Å². The van der Waals surface area contributed by atoms with Gasteiger partial charge >= 0.3 is 0 Å². The Bertz CT molecular complexity index is 353. The zero-order valence-corrected chi connectivity index (χ0v) is 10.3. The van der Waals surface area contributed by atoms with Crippen LogP contribution in [0.25, 0.3) is 0 Å². The molecular formula is C11H21N5O. The summed E-state index contributed by atoms with van der Waals surface area (Å²) in [6, 6.07) is 0.197. The molecule has 1 fully saturated rings. The highest BCUT2D eigenvalue weighted by Gasteiger charge is 2.25. The maximum atomic E-state index is 8.76. The standard InChI is InChI=1S/C11H21N5O/c1-8-4-5-16(7-9(8)12)11-13-10(14-15-11)3-2-6-17/h8-9,17H,2-7,12H2,1H3,(H,13,14,15). The summed E-state index contributed by atoms with van der Waals surface area (Å²) in [6.45, 7) is 4.15. The molecule has 6 heteroatoms. The number of H-pyrrole nitrogens is 1.